The molecule has 54 valence electrons. The van der Waals surface area contributed by atoms with Crippen LogP contribution in [0.4, 0.5) is 0 Å². The predicted octanol–water partition coefficient (Wildman–Crippen LogP) is 0.910. The van der Waals surface area contributed by atoms with E-state index in [2.05, 4.69) is 11.3 Å². The van der Waals surface area contributed by atoms with Crippen molar-refractivity contribution in [2.45, 2.75) is 6.92 Å². The van der Waals surface area contributed by atoms with Crippen LogP contribution in [0, 0.1) is 0 Å². The molecule has 0 heterocycles. The number of aliphatic carboxylic acids is 1. The first-order valence-electron chi connectivity index (χ1n) is 2.44. The van der Waals surface area contributed by atoms with Gasteiger partial charge in [0.25, 0.3) is 5.97 Å². The molecule has 0 saturated carbocycles. The van der Waals surface area contributed by atoms with Gasteiger partial charge in [-0.3, -0.25) is 4.79 Å². The summed E-state index contributed by atoms with van der Waals surface area (Å²) in [4.78, 5) is 9.00. The zero-order valence-corrected chi connectivity index (χ0v) is 5.76. The molecule has 0 aliphatic rings. The van der Waals surface area contributed by atoms with E-state index < -0.39 is 5.97 Å². The van der Waals surface area contributed by atoms with Gasteiger partial charge in [0, 0.05) is 14.0 Å². The van der Waals surface area contributed by atoms with Crippen LogP contribution in [0.3, 0.4) is 0 Å². The van der Waals surface area contributed by atoms with Gasteiger partial charge < -0.3 is 9.84 Å². The van der Waals surface area contributed by atoms with Crippen molar-refractivity contribution in [2.75, 3.05) is 13.7 Å². The highest BCUT2D eigenvalue weighted by Crippen LogP contribution is 1.60. The molecular weight excluding hydrogens is 120 g/mol. The molecule has 0 fully saturated rings. The monoisotopic (exact) mass is 132 g/mol. The Balaban J connectivity index is 0. The number of rotatable bonds is 2. The molecule has 0 aliphatic carbocycles. The molecule has 9 heavy (non-hydrogen) atoms. The molecule has 0 saturated heterocycles. The molecule has 0 aromatic carbocycles. The molecule has 0 aliphatic heterocycles. The second-order valence-electron chi connectivity index (χ2n) is 1.26. The van der Waals surface area contributed by atoms with E-state index in [-0.39, 0.29) is 0 Å². The lowest BCUT2D eigenvalue weighted by Gasteiger charge is -1.79. The predicted molar refractivity (Wildman–Crippen MR) is 35.4 cm³/mol. The van der Waals surface area contributed by atoms with Gasteiger partial charge in [0.05, 0.1) is 6.61 Å². The van der Waals surface area contributed by atoms with Gasteiger partial charge in [-0.25, -0.2) is 0 Å². The average Bonchev–Trinajstić information content (AvgIpc) is 1.66. The number of hydrogen-bond acceptors (Lipinski definition) is 2. The lowest BCUT2D eigenvalue weighted by Crippen LogP contribution is -1.78. The number of carboxylic acids is 1. The van der Waals surface area contributed by atoms with E-state index in [4.69, 9.17) is 9.90 Å². The van der Waals surface area contributed by atoms with E-state index in [1.54, 1.807) is 13.2 Å². The molecule has 0 radical (unpaired) electrons. The molecule has 0 spiro atoms. The summed E-state index contributed by atoms with van der Waals surface area (Å²) in [6, 6.07) is 0. The standard InChI is InChI=1S/C4H8O.C2H4O2/c1-3-4-5-2;1-2(3)4/h3H,1,4H2,2H3;1H3,(H,3,4). The van der Waals surface area contributed by atoms with Crippen molar-refractivity contribution in [1.82, 2.24) is 0 Å². The Morgan fingerprint density at radius 1 is 1.89 bits per heavy atom. The molecule has 3 heteroatoms. The minimum Gasteiger partial charge on any atom is -0.481 e. The maximum absolute atomic E-state index is 9.00. The average molecular weight is 132 g/mol. The van der Waals surface area contributed by atoms with E-state index in [1.807, 2.05) is 0 Å². The minimum atomic E-state index is -0.833. The zero-order valence-electron chi connectivity index (χ0n) is 5.76. The summed E-state index contributed by atoms with van der Waals surface area (Å²) in [7, 11) is 1.64. The first-order chi connectivity index (χ1) is 4.15. The fraction of sp³-hybridized carbons (Fsp3) is 0.500. The number of carbonyl (C=O) groups is 1. The number of ether oxygens (including phenoxy) is 1. The maximum Gasteiger partial charge on any atom is 0.300 e. The molecular formula is C6H12O3. The third-order valence-electron chi connectivity index (χ3n) is 0.285. The highest BCUT2D eigenvalue weighted by Gasteiger charge is 1.65. The van der Waals surface area contributed by atoms with E-state index in [0.29, 0.717) is 6.61 Å². The molecule has 0 rings (SSSR count). The second kappa shape index (κ2) is 10.2. The van der Waals surface area contributed by atoms with E-state index in [9.17, 15) is 0 Å². The topological polar surface area (TPSA) is 46.5 Å². The summed E-state index contributed by atoms with van der Waals surface area (Å²) in [5, 5.41) is 7.42. The largest absolute Gasteiger partial charge is 0.481 e. The van der Waals surface area contributed by atoms with Gasteiger partial charge >= 0.3 is 0 Å². The molecule has 0 unspecified atom stereocenters. The van der Waals surface area contributed by atoms with Crippen molar-refractivity contribution < 1.29 is 14.6 Å². The van der Waals surface area contributed by atoms with Crippen LogP contribution >= 0.6 is 0 Å². The van der Waals surface area contributed by atoms with E-state index in [1.165, 1.54) is 0 Å². The summed E-state index contributed by atoms with van der Waals surface area (Å²) in [6.45, 7) is 5.16. The second-order valence-corrected chi connectivity index (χ2v) is 1.26. The molecule has 0 bridgehead atoms. The van der Waals surface area contributed by atoms with Crippen molar-refractivity contribution in [3.63, 3.8) is 0 Å². The summed E-state index contributed by atoms with van der Waals surface area (Å²) in [5.74, 6) is -0.833. The molecule has 0 aromatic heterocycles. The summed E-state index contributed by atoms with van der Waals surface area (Å²) in [5.41, 5.74) is 0. The van der Waals surface area contributed by atoms with Crippen molar-refractivity contribution in [3.05, 3.63) is 12.7 Å². The van der Waals surface area contributed by atoms with Crippen LogP contribution in [0.1, 0.15) is 6.92 Å². The van der Waals surface area contributed by atoms with Crippen LogP contribution in [0.15, 0.2) is 12.7 Å². The Labute approximate surface area is 54.9 Å². The third kappa shape index (κ3) is 140. The molecule has 0 amide bonds. The van der Waals surface area contributed by atoms with Crippen LogP contribution in [0.5, 0.6) is 0 Å². The fourth-order valence-corrected chi connectivity index (χ4v) is 0.118. The Kier molecular flexibility index (Phi) is 12.5. The Morgan fingerprint density at radius 3 is 2.22 bits per heavy atom. The number of carboxylic acid groups (broad SMARTS) is 1. The van der Waals surface area contributed by atoms with Crippen molar-refractivity contribution in [2.24, 2.45) is 0 Å². The summed E-state index contributed by atoms with van der Waals surface area (Å²) >= 11 is 0. The zero-order chi connectivity index (χ0) is 7.70. The Hall–Kier alpha value is -0.830. The maximum atomic E-state index is 9.00. The van der Waals surface area contributed by atoms with Gasteiger partial charge in [0.15, 0.2) is 0 Å². The van der Waals surface area contributed by atoms with Crippen molar-refractivity contribution in [3.8, 4) is 0 Å². The van der Waals surface area contributed by atoms with Crippen molar-refractivity contribution >= 4 is 5.97 Å². The van der Waals surface area contributed by atoms with Gasteiger partial charge in [0.2, 0.25) is 0 Å². The van der Waals surface area contributed by atoms with Gasteiger partial charge in [-0.05, 0) is 0 Å². The SMILES string of the molecule is C=CCOC.CC(=O)O. The van der Waals surface area contributed by atoms with E-state index >= 15 is 0 Å². The van der Waals surface area contributed by atoms with E-state index in [0.717, 1.165) is 6.92 Å². The fourth-order valence-electron chi connectivity index (χ4n) is 0.118. The first-order valence-corrected chi connectivity index (χ1v) is 2.44. The lowest BCUT2D eigenvalue weighted by atomic mass is 10.7. The molecule has 3 nitrogen and oxygen atoms in total. The third-order valence-corrected chi connectivity index (χ3v) is 0.285. The lowest BCUT2D eigenvalue weighted by molar-refractivity contribution is -0.134. The summed E-state index contributed by atoms with van der Waals surface area (Å²) < 4.78 is 4.57. The van der Waals surface area contributed by atoms with Crippen molar-refractivity contribution in [1.29, 1.82) is 0 Å². The minimum absolute atomic E-state index is 0.653. The van der Waals surface area contributed by atoms with Crippen LogP contribution in [0.25, 0.3) is 0 Å². The van der Waals surface area contributed by atoms with Crippen LogP contribution in [-0.4, -0.2) is 24.8 Å². The highest BCUT2D eigenvalue weighted by molar-refractivity contribution is 5.62. The van der Waals surface area contributed by atoms with Crippen LogP contribution in [-0.2, 0) is 9.53 Å². The number of hydrogen-bond donors (Lipinski definition) is 1. The van der Waals surface area contributed by atoms with Crippen LogP contribution < -0.4 is 0 Å². The molecule has 0 aromatic rings. The molecule has 1 N–H and O–H groups in total. The first kappa shape index (κ1) is 11.0. The normalized spacial score (nSPS) is 6.89. The Bertz CT molecular complexity index is 74.4. The highest BCUT2D eigenvalue weighted by atomic mass is 16.5. The Morgan fingerprint density at radius 2 is 2.22 bits per heavy atom. The quantitative estimate of drug-likeness (QED) is 0.568. The van der Waals surface area contributed by atoms with Gasteiger partial charge in [-0.1, -0.05) is 6.08 Å². The van der Waals surface area contributed by atoms with Gasteiger partial charge in [-0.15, -0.1) is 6.58 Å². The van der Waals surface area contributed by atoms with Gasteiger partial charge in [0.1, 0.15) is 0 Å². The number of methoxy groups -OCH3 is 1. The summed E-state index contributed by atoms with van der Waals surface area (Å²) in [6.07, 6.45) is 1.71. The van der Waals surface area contributed by atoms with Crippen LogP contribution in [0.2, 0.25) is 0 Å². The molecule has 0 atom stereocenters. The van der Waals surface area contributed by atoms with Gasteiger partial charge in [-0.2, -0.15) is 0 Å². The smallest absolute Gasteiger partial charge is 0.300 e.